The topological polar surface area (TPSA) is 19.4 Å². The highest BCUT2D eigenvalue weighted by Crippen LogP contribution is 2.16. The van der Waals surface area contributed by atoms with Crippen molar-refractivity contribution >= 4 is 22.9 Å². The Hall–Kier alpha value is -0.160. The van der Waals surface area contributed by atoms with Gasteiger partial charge in [0.05, 0.1) is 16.6 Å². The molecular weight excluding hydrogens is 290 g/mol. The van der Waals surface area contributed by atoms with Crippen molar-refractivity contribution < 1.29 is 0 Å². The summed E-state index contributed by atoms with van der Waals surface area (Å²) in [5.74, 6) is 0.538. The predicted molar refractivity (Wildman–Crippen MR) is 87.8 cm³/mol. The van der Waals surface area contributed by atoms with Gasteiger partial charge in [-0.2, -0.15) is 0 Å². The van der Waals surface area contributed by atoms with E-state index in [1.165, 1.54) is 50.3 Å². The van der Waals surface area contributed by atoms with Crippen molar-refractivity contribution in [1.29, 1.82) is 0 Å². The van der Waals surface area contributed by atoms with Crippen LogP contribution in [0.15, 0.2) is 5.38 Å². The molecule has 1 atom stereocenters. The van der Waals surface area contributed by atoms with Gasteiger partial charge in [0, 0.05) is 18.0 Å². The monoisotopic (exact) mass is 315 g/mol. The number of likely N-dealkylation sites (tertiary alicyclic amines) is 1. The van der Waals surface area contributed by atoms with Crippen molar-refractivity contribution in [2.45, 2.75) is 44.0 Å². The third-order valence-corrected chi connectivity index (χ3v) is 5.29. The second kappa shape index (κ2) is 8.32. The van der Waals surface area contributed by atoms with Crippen molar-refractivity contribution in [2.24, 2.45) is 0 Å². The molecule has 1 saturated heterocycles. The van der Waals surface area contributed by atoms with Crippen LogP contribution in [-0.2, 0) is 12.3 Å². The Balaban J connectivity index is 1.63. The lowest BCUT2D eigenvalue weighted by Gasteiger charge is -2.36. The van der Waals surface area contributed by atoms with Gasteiger partial charge in [-0.05, 0) is 59.3 Å². The molecule has 0 radical (unpaired) electrons. The fourth-order valence-electron chi connectivity index (χ4n) is 2.79. The van der Waals surface area contributed by atoms with E-state index in [4.69, 9.17) is 11.6 Å². The summed E-state index contributed by atoms with van der Waals surface area (Å²) in [4.78, 5) is 9.51. The largest absolute Gasteiger partial charge is 0.305 e. The molecule has 1 aromatic rings. The zero-order valence-corrected chi connectivity index (χ0v) is 14.2. The van der Waals surface area contributed by atoms with Crippen LogP contribution >= 0.6 is 22.9 Å². The molecule has 1 unspecified atom stereocenters. The maximum Gasteiger partial charge on any atom is 0.0928 e. The molecule has 114 valence electrons. The Morgan fingerprint density at radius 2 is 2.30 bits per heavy atom. The van der Waals surface area contributed by atoms with Gasteiger partial charge in [-0.1, -0.05) is 0 Å². The first-order valence-corrected chi connectivity index (χ1v) is 8.98. The van der Waals surface area contributed by atoms with E-state index in [1.807, 2.05) is 0 Å². The molecular formula is C15H26ClN3S. The smallest absolute Gasteiger partial charge is 0.0928 e. The summed E-state index contributed by atoms with van der Waals surface area (Å²) >= 11 is 7.52. The molecule has 2 rings (SSSR count). The van der Waals surface area contributed by atoms with Crippen LogP contribution in [0.4, 0.5) is 0 Å². The van der Waals surface area contributed by atoms with Crippen molar-refractivity contribution in [1.82, 2.24) is 14.8 Å². The molecule has 5 heteroatoms. The Kier molecular flexibility index (Phi) is 6.75. The van der Waals surface area contributed by atoms with E-state index in [0.717, 1.165) is 18.2 Å². The minimum atomic E-state index is 0.538. The summed E-state index contributed by atoms with van der Waals surface area (Å²) in [6, 6.07) is 0.744. The number of halogens is 1. The number of nitrogens with zero attached hydrogens (tertiary/aromatic N) is 3. The van der Waals surface area contributed by atoms with Crippen molar-refractivity contribution in [3.05, 3.63) is 16.1 Å². The van der Waals surface area contributed by atoms with Crippen LogP contribution in [0.3, 0.4) is 0 Å². The minimum Gasteiger partial charge on any atom is -0.305 e. The van der Waals surface area contributed by atoms with E-state index in [1.54, 1.807) is 11.3 Å². The maximum atomic E-state index is 5.78. The Bertz CT molecular complexity index is 394. The standard InChI is InChI=1S/C15H26ClN3S/c1-18(2)14-6-5-9-19(11-14)8-4-3-7-15-17-13(10-16)12-20-15/h12,14H,3-11H2,1-2H3. The first-order chi connectivity index (χ1) is 9.69. The van der Waals surface area contributed by atoms with Gasteiger partial charge >= 0.3 is 0 Å². The second-order valence-corrected chi connectivity index (χ2v) is 7.09. The highest BCUT2D eigenvalue weighted by Gasteiger charge is 2.20. The zero-order valence-electron chi connectivity index (χ0n) is 12.6. The van der Waals surface area contributed by atoms with E-state index in [2.05, 4.69) is 34.3 Å². The molecule has 1 aliphatic heterocycles. The summed E-state index contributed by atoms with van der Waals surface area (Å²) in [5.41, 5.74) is 1.02. The number of rotatable bonds is 7. The number of aromatic nitrogens is 1. The summed E-state index contributed by atoms with van der Waals surface area (Å²) in [6.45, 7) is 3.75. The lowest BCUT2D eigenvalue weighted by Crippen LogP contribution is -2.45. The van der Waals surface area contributed by atoms with Crippen LogP contribution < -0.4 is 0 Å². The predicted octanol–water partition coefficient (Wildman–Crippen LogP) is 3.23. The SMILES string of the molecule is CN(C)C1CCCN(CCCCc2nc(CCl)cs2)C1. The summed E-state index contributed by atoms with van der Waals surface area (Å²) in [6.07, 6.45) is 6.30. The highest BCUT2D eigenvalue weighted by atomic mass is 35.5. The van der Waals surface area contributed by atoms with Gasteiger partial charge in [-0.25, -0.2) is 4.98 Å². The molecule has 20 heavy (non-hydrogen) atoms. The fourth-order valence-corrected chi connectivity index (χ4v) is 3.86. The first kappa shape index (κ1) is 16.2. The van der Waals surface area contributed by atoms with Gasteiger partial charge in [0.25, 0.3) is 0 Å². The number of piperidine rings is 1. The number of alkyl halides is 1. The van der Waals surface area contributed by atoms with Gasteiger partial charge in [0.15, 0.2) is 0 Å². The van der Waals surface area contributed by atoms with Crippen molar-refractivity contribution in [3.8, 4) is 0 Å². The third kappa shape index (κ3) is 4.99. The molecule has 1 aromatic heterocycles. The van der Waals surface area contributed by atoms with Crippen LogP contribution in [0, 0.1) is 0 Å². The Morgan fingerprint density at radius 1 is 1.45 bits per heavy atom. The van der Waals surface area contributed by atoms with E-state index in [9.17, 15) is 0 Å². The summed E-state index contributed by atoms with van der Waals surface area (Å²) in [5, 5.41) is 3.32. The Morgan fingerprint density at radius 3 is 3.00 bits per heavy atom. The molecule has 0 aliphatic carbocycles. The molecule has 3 nitrogen and oxygen atoms in total. The average Bonchev–Trinajstić information content (AvgIpc) is 2.92. The van der Waals surface area contributed by atoms with Crippen LogP contribution in [-0.4, -0.2) is 54.6 Å². The normalized spacial score (nSPS) is 20.7. The number of aryl methyl sites for hydroxylation is 1. The van der Waals surface area contributed by atoms with Crippen LogP contribution in [0.5, 0.6) is 0 Å². The minimum absolute atomic E-state index is 0.538. The summed E-state index contributed by atoms with van der Waals surface area (Å²) < 4.78 is 0. The van der Waals surface area contributed by atoms with Crippen LogP contribution in [0.2, 0.25) is 0 Å². The number of hydrogen-bond donors (Lipinski definition) is 0. The van der Waals surface area contributed by atoms with Crippen LogP contribution in [0.1, 0.15) is 36.4 Å². The van der Waals surface area contributed by atoms with Crippen molar-refractivity contribution in [3.63, 3.8) is 0 Å². The molecule has 1 fully saturated rings. The molecule has 0 N–H and O–H groups in total. The van der Waals surface area contributed by atoms with Gasteiger partial charge in [-0.3, -0.25) is 0 Å². The number of thiazole rings is 1. The quantitative estimate of drug-likeness (QED) is 0.569. The second-order valence-electron chi connectivity index (χ2n) is 5.88. The first-order valence-electron chi connectivity index (χ1n) is 7.57. The van der Waals surface area contributed by atoms with E-state index in [0.29, 0.717) is 5.88 Å². The van der Waals surface area contributed by atoms with E-state index >= 15 is 0 Å². The van der Waals surface area contributed by atoms with Gasteiger partial charge in [0.2, 0.25) is 0 Å². The van der Waals surface area contributed by atoms with Crippen LogP contribution in [0.25, 0.3) is 0 Å². The molecule has 2 heterocycles. The fraction of sp³-hybridized carbons (Fsp3) is 0.800. The molecule has 1 aliphatic rings. The lowest BCUT2D eigenvalue weighted by atomic mass is 10.0. The zero-order chi connectivity index (χ0) is 14.4. The maximum absolute atomic E-state index is 5.78. The van der Waals surface area contributed by atoms with E-state index < -0.39 is 0 Å². The van der Waals surface area contributed by atoms with Crippen molar-refractivity contribution in [2.75, 3.05) is 33.7 Å². The molecule has 0 saturated carbocycles. The molecule has 0 spiro atoms. The number of likely N-dealkylation sites (N-methyl/N-ethyl adjacent to an activating group) is 1. The van der Waals surface area contributed by atoms with E-state index in [-0.39, 0.29) is 0 Å². The third-order valence-electron chi connectivity index (χ3n) is 4.06. The summed E-state index contributed by atoms with van der Waals surface area (Å²) in [7, 11) is 4.40. The number of unbranched alkanes of at least 4 members (excludes halogenated alkanes) is 1. The van der Waals surface area contributed by atoms with Gasteiger partial charge in [0.1, 0.15) is 0 Å². The highest BCUT2D eigenvalue weighted by molar-refractivity contribution is 7.09. The Labute approximate surface area is 131 Å². The molecule has 0 amide bonds. The molecule has 0 aromatic carbocycles. The lowest BCUT2D eigenvalue weighted by molar-refractivity contribution is 0.132. The van der Waals surface area contributed by atoms with Gasteiger partial charge in [-0.15, -0.1) is 22.9 Å². The average molecular weight is 316 g/mol. The molecule has 0 bridgehead atoms. The van der Waals surface area contributed by atoms with Gasteiger partial charge < -0.3 is 9.80 Å². The number of hydrogen-bond acceptors (Lipinski definition) is 4.